The number of carbonyl (C=O) groups is 1. The van der Waals surface area contributed by atoms with Gasteiger partial charge in [-0.2, -0.15) is 0 Å². The van der Waals surface area contributed by atoms with Gasteiger partial charge in [0.25, 0.3) is 5.69 Å². The molecule has 0 atom stereocenters. The lowest BCUT2D eigenvalue weighted by atomic mass is 10.1. The molecule has 1 aromatic rings. The van der Waals surface area contributed by atoms with E-state index in [2.05, 4.69) is 0 Å². The predicted octanol–water partition coefficient (Wildman–Crippen LogP) is 3.52. The van der Waals surface area contributed by atoms with Crippen molar-refractivity contribution in [3.8, 4) is 0 Å². The SMILES string of the molecule is O=C(COC1CCCCCC1)c1ccc([N+](=O)[O-])cc1. The minimum absolute atomic E-state index is 0.00811. The monoisotopic (exact) mass is 277 g/mol. The van der Waals surface area contributed by atoms with Crippen LogP contribution in [0.4, 0.5) is 5.69 Å². The topological polar surface area (TPSA) is 69.4 Å². The lowest BCUT2D eigenvalue weighted by Gasteiger charge is -2.14. The molecule has 5 nitrogen and oxygen atoms in total. The number of Topliss-reactive ketones (excluding diaryl/α,β-unsaturated/α-hetero) is 1. The molecule has 0 aromatic heterocycles. The van der Waals surface area contributed by atoms with E-state index in [4.69, 9.17) is 4.74 Å². The average Bonchev–Trinajstić information content (AvgIpc) is 2.73. The van der Waals surface area contributed by atoms with Gasteiger partial charge in [0.05, 0.1) is 11.0 Å². The number of ether oxygens (including phenoxy) is 1. The third kappa shape index (κ3) is 4.13. The first kappa shape index (κ1) is 14.7. The molecule has 1 fully saturated rings. The molecule has 0 saturated heterocycles. The molecule has 20 heavy (non-hydrogen) atoms. The van der Waals surface area contributed by atoms with Gasteiger partial charge in [-0.3, -0.25) is 14.9 Å². The zero-order valence-corrected chi connectivity index (χ0v) is 11.4. The minimum Gasteiger partial charge on any atom is -0.370 e. The minimum atomic E-state index is -0.476. The maximum Gasteiger partial charge on any atom is 0.269 e. The van der Waals surface area contributed by atoms with E-state index in [1.165, 1.54) is 37.1 Å². The zero-order chi connectivity index (χ0) is 14.4. The summed E-state index contributed by atoms with van der Waals surface area (Å²) < 4.78 is 5.67. The van der Waals surface area contributed by atoms with E-state index in [0.717, 1.165) is 25.7 Å². The van der Waals surface area contributed by atoms with Crippen LogP contribution in [0, 0.1) is 10.1 Å². The van der Waals surface area contributed by atoms with Gasteiger partial charge in [-0.1, -0.05) is 25.7 Å². The van der Waals surface area contributed by atoms with Gasteiger partial charge < -0.3 is 4.74 Å². The maximum atomic E-state index is 12.0. The number of hydrogen-bond donors (Lipinski definition) is 0. The van der Waals surface area contributed by atoms with Crippen molar-refractivity contribution in [1.82, 2.24) is 0 Å². The van der Waals surface area contributed by atoms with Gasteiger partial charge in [0.1, 0.15) is 6.61 Å². The number of hydrogen-bond acceptors (Lipinski definition) is 4. The van der Waals surface area contributed by atoms with Crippen LogP contribution in [0.15, 0.2) is 24.3 Å². The van der Waals surface area contributed by atoms with Crippen LogP contribution in [0.3, 0.4) is 0 Å². The van der Waals surface area contributed by atoms with Crippen molar-refractivity contribution in [3.63, 3.8) is 0 Å². The first-order valence-corrected chi connectivity index (χ1v) is 7.06. The van der Waals surface area contributed by atoms with Gasteiger partial charge in [-0.15, -0.1) is 0 Å². The van der Waals surface area contributed by atoms with Gasteiger partial charge in [0, 0.05) is 17.7 Å². The van der Waals surface area contributed by atoms with Gasteiger partial charge >= 0.3 is 0 Å². The Kier molecular flexibility index (Phi) is 5.24. The molecule has 108 valence electrons. The highest BCUT2D eigenvalue weighted by Crippen LogP contribution is 2.20. The van der Waals surface area contributed by atoms with E-state index >= 15 is 0 Å². The molecule has 0 radical (unpaired) electrons. The Hall–Kier alpha value is -1.75. The van der Waals surface area contributed by atoms with E-state index < -0.39 is 4.92 Å². The number of rotatable bonds is 5. The summed E-state index contributed by atoms with van der Waals surface area (Å²) in [4.78, 5) is 22.0. The molecule has 5 heteroatoms. The highest BCUT2D eigenvalue weighted by atomic mass is 16.6. The molecular formula is C15H19NO4. The third-order valence-corrected chi connectivity index (χ3v) is 3.65. The molecule has 1 aliphatic carbocycles. The molecule has 1 saturated carbocycles. The molecule has 1 aromatic carbocycles. The number of carbonyl (C=O) groups excluding carboxylic acids is 1. The summed E-state index contributed by atoms with van der Waals surface area (Å²) in [6.07, 6.45) is 7.04. The second-order valence-electron chi connectivity index (χ2n) is 5.15. The summed E-state index contributed by atoms with van der Waals surface area (Å²) in [5, 5.41) is 10.5. The number of nitrogens with zero attached hydrogens (tertiary/aromatic N) is 1. The van der Waals surface area contributed by atoms with Crippen molar-refractivity contribution in [2.75, 3.05) is 6.61 Å². The average molecular weight is 277 g/mol. The summed E-state index contributed by atoms with van der Waals surface area (Å²) in [7, 11) is 0. The number of non-ortho nitro benzene ring substituents is 1. The molecule has 0 heterocycles. The standard InChI is InChI=1S/C15H19NO4/c17-15(11-20-14-5-3-1-2-4-6-14)12-7-9-13(10-8-12)16(18)19/h7-10,14H,1-6,11H2. The molecule has 0 amide bonds. The zero-order valence-electron chi connectivity index (χ0n) is 11.4. The van der Waals surface area contributed by atoms with Crippen LogP contribution in [-0.4, -0.2) is 23.4 Å². The molecule has 0 bridgehead atoms. The van der Waals surface area contributed by atoms with Crippen molar-refractivity contribution in [2.45, 2.75) is 44.6 Å². The number of benzene rings is 1. The van der Waals surface area contributed by atoms with Gasteiger partial charge in [-0.25, -0.2) is 0 Å². The van der Waals surface area contributed by atoms with Crippen molar-refractivity contribution in [2.24, 2.45) is 0 Å². The summed E-state index contributed by atoms with van der Waals surface area (Å²) in [6.45, 7) is 0.0580. The fourth-order valence-corrected chi connectivity index (χ4v) is 2.45. The Bertz CT molecular complexity index is 461. The van der Waals surface area contributed by atoms with Gasteiger partial charge in [0.2, 0.25) is 0 Å². The summed E-state index contributed by atoms with van der Waals surface area (Å²) in [5.41, 5.74) is 0.454. The van der Waals surface area contributed by atoms with E-state index in [9.17, 15) is 14.9 Å². The second kappa shape index (κ2) is 7.14. The van der Waals surface area contributed by atoms with E-state index in [0.29, 0.717) is 5.56 Å². The van der Waals surface area contributed by atoms with Crippen LogP contribution in [-0.2, 0) is 4.74 Å². The number of ketones is 1. The van der Waals surface area contributed by atoms with Crippen molar-refractivity contribution in [3.05, 3.63) is 39.9 Å². The third-order valence-electron chi connectivity index (χ3n) is 3.65. The molecule has 0 unspecified atom stereocenters. The number of nitro benzene ring substituents is 1. The smallest absolute Gasteiger partial charge is 0.269 e. The van der Waals surface area contributed by atoms with Crippen LogP contribution < -0.4 is 0 Å². The normalized spacial score (nSPS) is 16.6. The first-order chi connectivity index (χ1) is 9.66. The number of nitro groups is 1. The van der Waals surface area contributed by atoms with Gasteiger partial charge in [0.15, 0.2) is 5.78 Å². The molecule has 1 aliphatic rings. The van der Waals surface area contributed by atoms with Gasteiger partial charge in [-0.05, 0) is 25.0 Å². The Morgan fingerprint density at radius 1 is 1.15 bits per heavy atom. The van der Waals surface area contributed by atoms with E-state index in [1.54, 1.807) is 0 Å². The Morgan fingerprint density at radius 2 is 1.75 bits per heavy atom. The van der Waals surface area contributed by atoms with Crippen LogP contribution in [0.5, 0.6) is 0 Å². The lowest BCUT2D eigenvalue weighted by Crippen LogP contribution is -2.18. The maximum absolute atomic E-state index is 12.0. The first-order valence-electron chi connectivity index (χ1n) is 7.06. The molecule has 2 rings (SSSR count). The fraction of sp³-hybridized carbons (Fsp3) is 0.533. The lowest BCUT2D eigenvalue weighted by molar-refractivity contribution is -0.384. The van der Waals surface area contributed by atoms with Crippen molar-refractivity contribution < 1.29 is 14.5 Å². The molecular weight excluding hydrogens is 258 g/mol. The van der Waals surface area contributed by atoms with Crippen LogP contribution in [0.2, 0.25) is 0 Å². The van der Waals surface area contributed by atoms with Crippen LogP contribution in [0.25, 0.3) is 0 Å². The summed E-state index contributed by atoms with van der Waals surface area (Å²) in [6, 6.07) is 5.66. The van der Waals surface area contributed by atoms with Crippen molar-refractivity contribution >= 4 is 11.5 Å². The largest absolute Gasteiger partial charge is 0.370 e. The molecule has 0 N–H and O–H groups in total. The van der Waals surface area contributed by atoms with Crippen molar-refractivity contribution in [1.29, 1.82) is 0 Å². The predicted molar refractivity (Wildman–Crippen MR) is 74.9 cm³/mol. The quantitative estimate of drug-likeness (QED) is 0.357. The van der Waals surface area contributed by atoms with E-state index in [1.807, 2.05) is 0 Å². The Morgan fingerprint density at radius 3 is 2.30 bits per heavy atom. The fourth-order valence-electron chi connectivity index (χ4n) is 2.45. The summed E-state index contributed by atoms with van der Waals surface area (Å²) in [5.74, 6) is -0.121. The van der Waals surface area contributed by atoms with Crippen LogP contribution >= 0.6 is 0 Å². The Labute approximate surface area is 118 Å². The second-order valence-corrected chi connectivity index (χ2v) is 5.15. The molecule has 0 spiro atoms. The van der Waals surface area contributed by atoms with Crippen LogP contribution in [0.1, 0.15) is 48.9 Å². The highest BCUT2D eigenvalue weighted by molar-refractivity contribution is 5.97. The summed E-state index contributed by atoms with van der Waals surface area (Å²) >= 11 is 0. The van der Waals surface area contributed by atoms with E-state index in [-0.39, 0.29) is 24.2 Å². The molecule has 0 aliphatic heterocycles. The Balaban J connectivity index is 1.86. The highest BCUT2D eigenvalue weighted by Gasteiger charge is 2.15.